The standard InChI is InChI=1S/C16H15N7O2S/c1-22-10-18-16(20-22)14-7-6-12(9-17-14)26(24,25)21-13-5-3-4-11-8-19-23(2)15(11)13/h3-10,21H,1-2H3. The Balaban J connectivity index is 1.67. The monoisotopic (exact) mass is 369 g/mol. The number of pyridine rings is 1. The molecule has 0 spiro atoms. The highest BCUT2D eigenvalue weighted by atomic mass is 32.2. The van der Waals surface area contributed by atoms with Crippen molar-refractivity contribution in [2.75, 3.05) is 4.72 Å². The number of rotatable bonds is 4. The lowest BCUT2D eigenvalue weighted by molar-refractivity contribution is 0.601. The first kappa shape index (κ1) is 16.2. The van der Waals surface area contributed by atoms with Crippen molar-refractivity contribution in [3.05, 3.63) is 49.1 Å². The topological polar surface area (TPSA) is 108 Å². The fourth-order valence-corrected chi connectivity index (χ4v) is 3.66. The molecule has 0 fully saturated rings. The molecule has 0 aliphatic rings. The molecule has 0 aliphatic heterocycles. The van der Waals surface area contributed by atoms with Crippen LogP contribution in [-0.4, -0.2) is 37.9 Å². The van der Waals surface area contributed by atoms with Gasteiger partial charge >= 0.3 is 0 Å². The molecule has 10 heteroatoms. The summed E-state index contributed by atoms with van der Waals surface area (Å²) in [7, 11) is -0.284. The molecule has 0 bridgehead atoms. The summed E-state index contributed by atoms with van der Waals surface area (Å²) >= 11 is 0. The van der Waals surface area contributed by atoms with E-state index in [1.165, 1.54) is 12.3 Å². The van der Waals surface area contributed by atoms with E-state index in [0.29, 0.717) is 22.7 Å². The number of hydrogen-bond donors (Lipinski definition) is 1. The van der Waals surface area contributed by atoms with Gasteiger partial charge in [-0.1, -0.05) is 12.1 Å². The van der Waals surface area contributed by atoms with Gasteiger partial charge in [0.15, 0.2) is 5.82 Å². The number of nitrogens with zero attached hydrogens (tertiary/aromatic N) is 6. The van der Waals surface area contributed by atoms with Crippen LogP contribution in [0.2, 0.25) is 0 Å². The second-order valence-corrected chi connectivity index (χ2v) is 7.42. The Morgan fingerprint density at radius 2 is 1.88 bits per heavy atom. The molecule has 26 heavy (non-hydrogen) atoms. The molecule has 132 valence electrons. The zero-order valence-corrected chi connectivity index (χ0v) is 14.8. The normalized spacial score (nSPS) is 11.8. The van der Waals surface area contributed by atoms with Gasteiger partial charge in [0.2, 0.25) is 0 Å². The van der Waals surface area contributed by atoms with Crippen LogP contribution in [0.15, 0.2) is 53.9 Å². The van der Waals surface area contributed by atoms with Crippen molar-refractivity contribution in [2.24, 2.45) is 14.1 Å². The number of sulfonamides is 1. The summed E-state index contributed by atoms with van der Waals surface area (Å²) in [6.45, 7) is 0. The predicted octanol–water partition coefficient (Wildman–Crippen LogP) is 1.56. The van der Waals surface area contributed by atoms with Gasteiger partial charge in [-0.15, -0.1) is 5.10 Å². The van der Waals surface area contributed by atoms with Crippen molar-refractivity contribution in [3.63, 3.8) is 0 Å². The molecule has 4 rings (SSSR count). The van der Waals surface area contributed by atoms with Crippen LogP contribution in [0.1, 0.15) is 0 Å². The second kappa shape index (κ2) is 5.92. The first-order valence-electron chi connectivity index (χ1n) is 7.70. The molecule has 0 amide bonds. The minimum absolute atomic E-state index is 0.0522. The fourth-order valence-electron chi connectivity index (χ4n) is 2.65. The predicted molar refractivity (Wildman–Crippen MR) is 95.8 cm³/mol. The van der Waals surface area contributed by atoms with Gasteiger partial charge in [0, 0.05) is 25.7 Å². The zero-order valence-electron chi connectivity index (χ0n) is 14.0. The quantitative estimate of drug-likeness (QED) is 0.585. The van der Waals surface area contributed by atoms with Gasteiger partial charge < -0.3 is 0 Å². The average Bonchev–Trinajstić information content (AvgIpc) is 3.22. The van der Waals surface area contributed by atoms with E-state index in [9.17, 15) is 8.42 Å². The van der Waals surface area contributed by atoms with Crippen LogP contribution in [0.4, 0.5) is 5.69 Å². The Morgan fingerprint density at radius 1 is 1.04 bits per heavy atom. The molecule has 1 aromatic carbocycles. The van der Waals surface area contributed by atoms with Crippen molar-refractivity contribution in [1.82, 2.24) is 29.5 Å². The van der Waals surface area contributed by atoms with Gasteiger partial charge in [0.1, 0.15) is 16.9 Å². The summed E-state index contributed by atoms with van der Waals surface area (Å²) < 4.78 is 31.2. The largest absolute Gasteiger partial charge is 0.277 e. The maximum Gasteiger partial charge on any atom is 0.263 e. The molecular formula is C16H15N7O2S. The Hall–Kier alpha value is -3.27. The number of hydrogen-bond acceptors (Lipinski definition) is 6. The minimum atomic E-state index is -3.79. The Morgan fingerprint density at radius 3 is 2.58 bits per heavy atom. The van der Waals surface area contributed by atoms with Crippen LogP contribution >= 0.6 is 0 Å². The lowest BCUT2D eigenvalue weighted by Crippen LogP contribution is -2.14. The van der Waals surface area contributed by atoms with E-state index in [1.807, 2.05) is 6.07 Å². The average molecular weight is 369 g/mol. The molecule has 0 atom stereocenters. The fraction of sp³-hybridized carbons (Fsp3) is 0.125. The van der Waals surface area contributed by atoms with Crippen LogP contribution in [0, 0.1) is 0 Å². The van der Waals surface area contributed by atoms with Gasteiger partial charge in [-0.3, -0.25) is 19.1 Å². The van der Waals surface area contributed by atoms with Crippen molar-refractivity contribution in [1.29, 1.82) is 0 Å². The molecule has 0 radical (unpaired) electrons. The molecule has 9 nitrogen and oxygen atoms in total. The van der Waals surface area contributed by atoms with E-state index in [0.717, 1.165) is 5.39 Å². The van der Waals surface area contributed by atoms with Crippen molar-refractivity contribution >= 4 is 26.6 Å². The van der Waals surface area contributed by atoms with Crippen molar-refractivity contribution in [2.45, 2.75) is 4.90 Å². The molecule has 0 saturated heterocycles. The number of fused-ring (bicyclic) bond motifs is 1. The first-order valence-corrected chi connectivity index (χ1v) is 9.18. The highest BCUT2D eigenvalue weighted by Crippen LogP contribution is 2.25. The molecule has 0 aliphatic carbocycles. The Kier molecular flexibility index (Phi) is 3.69. The van der Waals surface area contributed by atoms with E-state index in [1.54, 1.807) is 54.2 Å². The maximum absolute atomic E-state index is 12.7. The number of benzene rings is 1. The van der Waals surface area contributed by atoms with E-state index in [-0.39, 0.29) is 4.90 Å². The third-order valence-corrected chi connectivity index (χ3v) is 5.23. The van der Waals surface area contributed by atoms with Crippen molar-refractivity contribution in [3.8, 4) is 11.5 Å². The van der Waals surface area contributed by atoms with Crippen LogP contribution in [0.3, 0.4) is 0 Å². The van der Waals surface area contributed by atoms with Crippen LogP contribution in [0.25, 0.3) is 22.4 Å². The van der Waals surface area contributed by atoms with Gasteiger partial charge in [0.05, 0.1) is 17.4 Å². The molecule has 4 aromatic rings. The number of aryl methyl sites for hydroxylation is 2. The van der Waals surface area contributed by atoms with Gasteiger partial charge in [-0.2, -0.15) is 5.10 Å². The number of nitrogens with one attached hydrogen (secondary N) is 1. The third-order valence-electron chi connectivity index (χ3n) is 3.88. The SMILES string of the molecule is Cn1cnc(-c2ccc(S(=O)(=O)Nc3cccc4cnn(C)c34)cn2)n1. The number of anilines is 1. The summed E-state index contributed by atoms with van der Waals surface area (Å²) in [4.78, 5) is 8.32. The summed E-state index contributed by atoms with van der Waals surface area (Å²) in [5.74, 6) is 0.434. The minimum Gasteiger partial charge on any atom is -0.277 e. The first-order chi connectivity index (χ1) is 12.4. The number of para-hydroxylation sites is 1. The zero-order chi connectivity index (χ0) is 18.3. The van der Waals surface area contributed by atoms with E-state index in [4.69, 9.17) is 0 Å². The summed E-state index contributed by atoms with van der Waals surface area (Å²) in [6.07, 6.45) is 4.53. The highest BCUT2D eigenvalue weighted by Gasteiger charge is 2.18. The lowest BCUT2D eigenvalue weighted by Gasteiger charge is -2.10. The molecule has 3 heterocycles. The van der Waals surface area contributed by atoms with Gasteiger partial charge in [0.25, 0.3) is 10.0 Å². The second-order valence-electron chi connectivity index (χ2n) is 5.74. The van der Waals surface area contributed by atoms with E-state index >= 15 is 0 Å². The molecular weight excluding hydrogens is 354 g/mol. The number of aromatic nitrogens is 6. The maximum atomic E-state index is 12.7. The summed E-state index contributed by atoms with van der Waals surface area (Å²) in [5, 5.41) is 9.16. The Bertz CT molecular complexity index is 1190. The smallest absolute Gasteiger partial charge is 0.263 e. The third kappa shape index (κ3) is 2.80. The molecule has 0 unspecified atom stereocenters. The molecule has 3 aromatic heterocycles. The highest BCUT2D eigenvalue weighted by molar-refractivity contribution is 7.92. The van der Waals surface area contributed by atoms with Gasteiger partial charge in [-0.05, 0) is 18.2 Å². The van der Waals surface area contributed by atoms with Crippen LogP contribution in [-0.2, 0) is 24.1 Å². The summed E-state index contributed by atoms with van der Waals surface area (Å²) in [6, 6.07) is 8.40. The summed E-state index contributed by atoms with van der Waals surface area (Å²) in [5.41, 5.74) is 1.66. The van der Waals surface area contributed by atoms with Crippen LogP contribution < -0.4 is 4.72 Å². The van der Waals surface area contributed by atoms with Gasteiger partial charge in [-0.25, -0.2) is 13.4 Å². The molecule has 0 saturated carbocycles. The van der Waals surface area contributed by atoms with E-state index < -0.39 is 10.0 Å². The van der Waals surface area contributed by atoms with Crippen molar-refractivity contribution < 1.29 is 8.42 Å². The van der Waals surface area contributed by atoms with Crippen LogP contribution in [0.5, 0.6) is 0 Å². The molecule has 1 N–H and O–H groups in total. The Labute approximate surface area is 149 Å². The van der Waals surface area contributed by atoms with E-state index in [2.05, 4.69) is 24.9 Å². The lowest BCUT2D eigenvalue weighted by atomic mass is 10.2.